The summed E-state index contributed by atoms with van der Waals surface area (Å²) in [5.74, 6) is 0.882. The van der Waals surface area contributed by atoms with Crippen molar-refractivity contribution >= 4 is 8.07 Å². The van der Waals surface area contributed by atoms with Crippen molar-refractivity contribution in [3.05, 3.63) is 116 Å². The quantitative estimate of drug-likeness (QED) is 0.0716. The molecule has 274 valence electrons. The van der Waals surface area contributed by atoms with Gasteiger partial charge in [0.25, 0.3) is 0 Å². The molecule has 0 aliphatic heterocycles. The smallest absolute Gasteiger partial charge is 0.118 e. The van der Waals surface area contributed by atoms with E-state index in [0.717, 1.165) is 5.75 Å². The Balaban J connectivity index is -0.000000140. The summed E-state index contributed by atoms with van der Waals surface area (Å²) in [4.78, 5) is 10.6. The molecule has 3 aromatic rings. The number of ether oxygens (including phenoxy) is 1. The second-order valence-corrected chi connectivity index (χ2v) is 17.3. The molecular weight excluding hydrogens is 785 g/mol. The Morgan fingerprint density at radius 3 is 0.978 bits per heavy atom. The van der Waals surface area contributed by atoms with Gasteiger partial charge in [0.15, 0.2) is 0 Å². The third-order valence-electron chi connectivity index (χ3n) is 7.01. The van der Waals surface area contributed by atoms with Crippen LogP contribution in [0.5, 0.6) is 5.75 Å². The molecular formula is C36H62O7Pd2Si-2. The van der Waals surface area contributed by atoms with E-state index in [1.54, 1.807) is 27.9 Å². The third kappa shape index (κ3) is 23.1. The van der Waals surface area contributed by atoms with Gasteiger partial charge in [-0.3, -0.25) is 15.8 Å². The zero-order chi connectivity index (χ0) is 32.7. The van der Waals surface area contributed by atoms with Gasteiger partial charge in [0, 0.05) is 54.3 Å². The molecule has 0 aliphatic carbocycles. The Kier molecular flexibility index (Phi) is 40.1. The molecule has 0 saturated heterocycles. The topological polar surface area (TPSA) is 97.6 Å². The summed E-state index contributed by atoms with van der Waals surface area (Å²) >= 11 is 0. The van der Waals surface area contributed by atoms with Crippen LogP contribution in [0.1, 0.15) is 65.2 Å². The predicted molar refractivity (Wildman–Crippen MR) is 190 cm³/mol. The molecule has 0 unspecified atom stereocenters. The molecule has 0 atom stereocenters. The number of hydrogen-bond acceptors (Lipinski definition) is 7. The van der Waals surface area contributed by atoms with Gasteiger partial charge < -0.3 is 19.6 Å². The number of hydrogen-bond donors (Lipinski definition) is 3. The van der Waals surface area contributed by atoms with E-state index in [4.69, 9.17) is 20.5 Å². The van der Waals surface area contributed by atoms with Crippen LogP contribution in [0, 0.1) is 14.9 Å². The molecule has 0 bridgehead atoms. The first-order chi connectivity index (χ1) is 19.7. The molecule has 0 spiro atoms. The summed E-state index contributed by atoms with van der Waals surface area (Å²) in [5.41, 5.74) is 3.64. The van der Waals surface area contributed by atoms with Crippen LogP contribution in [-0.2, 0) is 60.9 Å². The first kappa shape index (κ1) is 57.1. The van der Waals surface area contributed by atoms with Gasteiger partial charge in [-0.05, 0) is 61.6 Å². The van der Waals surface area contributed by atoms with Gasteiger partial charge in [-0.25, -0.2) is 14.7 Å². The van der Waals surface area contributed by atoms with E-state index >= 15 is 0 Å². The average molecular weight is 848 g/mol. The van der Waals surface area contributed by atoms with E-state index in [0.29, 0.717) is 24.9 Å². The molecule has 3 aromatic carbocycles. The molecule has 10 heteroatoms. The maximum absolute atomic E-state index is 7.38. The summed E-state index contributed by atoms with van der Waals surface area (Å²) in [6, 6.07) is 29.6. The molecule has 0 saturated carbocycles. The van der Waals surface area contributed by atoms with E-state index in [1.165, 1.54) is 16.7 Å². The number of rotatable bonds is 7. The maximum atomic E-state index is 7.38. The Hall–Kier alpha value is -1.24. The Morgan fingerprint density at radius 2 is 0.783 bits per heavy atom. The molecule has 3 N–H and O–H groups in total. The van der Waals surface area contributed by atoms with Crippen LogP contribution in [-0.4, -0.2) is 50.8 Å². The fourth-order valence-corrected chi connectivity index (χ4v) is 2.97. The van der Waals surface area contributed by atoms with Crippen LogP contribution in [0.25, 0.3) is 0 Å². The normalized spacial score (nSPS) is 9.78. The Labute approximate surface area is 310 Å². The fourth-order valence-electron chi connectivity index (χ4n) is 2.97. The molecule has 0 fully saturated rings. The van der Waals surface area contributed by atoms with Crippen LogP contribution in [0.4, 0.5) is 0 Å². The summed E-state index contributed by atoms with van der Waals surface area (Å²) < 4.78 is 5.29. The van der Waals surface area contributed by atoms with Crippen molar-refractivity contribution in [2.45, 2.75) is 78.6 Å². The summed E-state index contributed by atoms with van der Waals surface area (Å²) in [5, 5.41) is 22.7. The molecule has 0 aliphatic rings. The number of methoxy groups -OCH3 is 1. The third-order valence-corrected chi connectivity index (χ3v) is 11.5. The van der Waals surface area contributed by atoms with E-state index in [2.05, 4.69) is 135 Å². The Bertz CT molecular complexity index is 946. The van der Waals surface area contributed by atoms with Crippen molar-refractivity contribution in [1.82, 2.24) is 0 Å². The van der Waals surface area contributed by atoms with Crippen molar-refractivity contribution in [2.75, 3.05) is 26.9 Å². The second kappa shape index (κ2) is 32.3. The maximum Gasteiger partial charge on any atom is 0.118 e. The molecule has 46 heavy (non-hydrogen) atoms. The van der Waals surface area contributed by atoms with E-state index in [-0.39, 0.29) is 61.1 Å². The molecule has 0 radical (unpaired) electrons. The molecule has 0 aromatic heterocycles. The van der Waals surface area contributed by atoms with Crippen molar-refractivity contribution in [1.29, 1.82) is 0 Å². The molecule has 0 amide bonds. The van der Waals surface area contributed by atoms with Gasteiger partial charge in [-0.2, -0.15) is 0 Å². The van der Waals surface area contributed by atoms with Crippen LogP contribution in [0.2, 0.25) is 24.7 Å². The van der Waals surface area contributed by atoms with E-state index < -0.39 is 8.07 Å². The van der Waals surface area contributed by atoms with Crippen LogP contribution >= 0.6 is 0 Å². The van der Waals surface area contributed by atoms with Crippen molar-refractivity contribution < 1.29 is 76.0 Å². The average Bonchev–Trinajstić information content (AvgIpc) is 3.01. The summed E-state index contributed by atoms with van der Waals surface area (Å²) in [6.07, 6.45) is 0. The standard InChI is InChI=1S/C21H20O.C7H18Si.3C2H6O2.2CH3.2Pd/c1-21(17-9-5-3-6-10-17,18-11-7-4-8-12-18)19-13-15-20(22-2)16-14-19;1-7(2,3)8(4,5)6;3*1-2-4-3;;;;/h3-16H,1-2H3;1-6H3;3*3H,2H2,1H3;2*1H3;;/q;;;;;2*-1;;. The first-order valence-corrected chi connectivity index (χ1v) is 17.8. The van der Waals surface area contributed by atoms with Gasteiger partial charge in [0.1, 0.15) is 5.75 Å². The van der Waals surface area contributed by atoms with Gasteiger partial charge in [-0.15, -0.1) is 0 Å². The fraction of sp³-hybridized carbons (Fsp3) is 0.444. The van der Waals surface area contributed by atoms with Crippen LogP contribution in [0.15, 0.2) is 84.9 Å². The Morgan fingerprint density at radius 1 is 0.543 bits per heavy atom. The van der Waals surface area contributed by atoms with Crippen LogP contribution in [0.3, 0.4) is 0 Å². The minimum Gasteiger partial charge on any atom is -0.497 e. The second-order valence-electron chi connectivity index (χ2n) is 11.3. The summed E-state index contributed by atoms with van der Waals surface area (Å²) in [7, 11) is 0.838. The molecule has 0 heterocycles. The monoisotopic (exact) mass is 846 g/mol. The zero-order valence-corrected chi connectivity index (χ0v) is 34.4. The van der Waals surface area contributed by atoms with Gasteiger partial charge in [0.2, 0.25) is 0 Å². The van der Waals surface area contributed by atoms with Crippen molar-refractivity contribution in [2.24, 2.45) is 0 Å². The van der Waals surface area contributed by atoms with E-state index in [9.17, 15) is 0 Å². The van der Waals surface area contributed by atoms with Gasteiger partial charge in [-0.1, -0.05) is 113 Å². The molecule has 7 nitrogen and oxygen atoms in total. The SMILES string of the molecule is CC(C)(C)[Si](C)(C)C.CCOO.CCOO.CCOO.COc1ccc(C(C)(c2ccccc2)c2ccccc2)cc1.[CH3-].[CH3-].[Pd].[Pd]. The first-order valence-electron chi connectivity index (χ1n) is 14.3. The van der Waals surface area contributed by atoms with Crippen LogP contribution < -0.4 is 4.74 Å². The van der Waals surface area contributed by atoms with Gasteiger partial charge >= 0.3 is 0 Å². The summed E-state index contributed by atoms with van der Waals surface area (Å²) in [6.45, 7) is 22.8. The van der Waals surface area contributed by atoms with Crippen molar-refractivity contribution in [3.63, 3.8) is 0 Å². The predicted octanol–water partition coefficient (Wildman–Crippen LogP) is 10.6. The minimum absolute atomic E-state index is 0. The zero-order valence-electron chi connectivity index (χ0n) is 30.3. The van der Waals surface area contributed by atoms with Crippen molar-refractivity contribution in [3.8, 4) is 5.75 Å². The number of benzene rings is 3. The molecule has 3 rings (SSSR count). The minimum atomic E-state index is -0.859. The van der Waals surface area contributed by atoms with E-state index in [1.807, 2.05) is 12.1 Å². The van der Waals surface area contributed by atoms with Gasteiger partial charge in [0.05, 0.1) is 26.9 Å². The largest absolute Gasteiger partial charge is 0.497 e.